The van der Waals surface area contributed by atoms with Crippen LogP contribution in [0.4, 0.5) is 5.82 Å². The van der Waals surface area contributed by atoms with Crippen molar-refractivity contribution in [2.45, 2.75) is 6.61 Å². The number of ether oxygens (including phenoxy) is 3. The number of anilines is 1. The van der Waals surface area contributed by atoms with E-state index in [1.165, 1.54) is 12.1 Å². The van der Waals surface area contributed by atoms with Crippen molar-refractivity contribution in [3.05, 3.63) is 75.8 Å². The normalized spacial score (nSPS) is 10.8. The van der Waals surface area contributed by atoms with Crippen molar-refractivity contribution >= 4 is 45.8 Å². The number of nitrogens with zero attached hydrogens (tertiary/aromatic N) is 1. The zero-order valence-corrected chi connectivity index (χ0v) is 18.8. The maximum atomic E-state index is 12.6. The van der Waals surface area contributed by atoms with Crippen molar-refractivity contribution in [2.75, 3.05) is 19.5 Å². The topological polar surface area (TPSA) is 85.5 Å². The molecule has 7 nitrogen and oxygen atoms in total. The van der Waals surface area contributed by atoms with Crippen LogP contribution in [-0.4, -0.2) is 30.3 Å². The van der Waals surface area contributed by atoms with E-state index in [0.29, 0.717) is 50.7 Å². The number of rotatable bonds is 7. The summed E-state index contributed by atoms with van der Waals surface area (Å²) in [7, 11) is 3.19. The van der Waals surface area contributed by atoms with Crippen molar-refractivity contribution < 1.29 is 19.0 Å². The third-order valence-corrected chi connectivity index (χ3v) is 5.14. The molecule has 0 atom stereocenters. The second-order valence-corrected chi connectivity index (χ2v) is 7.77. The Hall–Kier alpha value is -3.42. The van der Waals surface area contributed by atoms with Crippen LogP contribution >= 0.6 is 23.2 Å². The van der Waals surface area contributed by atoms with Gasteiger partial charge in [0.15, 0.2) is 5.82 Å². The predicted molar refractivity (Wildman–Crippen MR) is 124 cm³/mol. The number of nitrogens with one attached hydrogen (secondary N) is 2. The van der Waals surface area contributed by atoms with Gasteiger partial charge in [-0.25, -0.2) is 0 Å². The highest BCUT2D eigenvalue weighted by molar-refractivity contribution is 6.35. The average Bonchev–Trinajstić information content (AvgIpc) is 3.18. The first-order valence-corrected chi connectivity index (χ1v) is 10.3. The van der Waals surface area contributed by atoms with Gasteiger partial charge in [0, 0.05) is 27.1 Å². The van der Waals surface area contributed by atoms with Gasteiger partial charge in [0.1, 0.15) is 23.9 Å². The van der Waals surface area contributed by atoms with Crippen molar-refractivity contribution in [1.29, 1.82) is 0 Å². The molecule has 0 radical (unpaired) electrons. The lowest BCUT2D eigenvalue weighted by Gasteiger charge is -2.10. The SMILES string of the molecule is COc1cc(COc2ccc3[nH]nc(NC(=O)c4cc(Cl)cc(Cl)c4)c3c2)cc(OC)c1. The van der Waals surface area contributed by atoms with Gasteiger partial charge in [-0.05, 0) is 54.1 Å². The first kappa shape index (κ1) is 21.8. The second kappa shape index (κ2) is 9.38. The number of benzene rings is 3. The molecule has 0 aliphatic heterocycles. The number of fused-ring (bicyclic) bond motifs is 1. The summed E-state index contributed by atoms with van der Waals surface area (Å²) >= 11 is 12.0. The lowest BCUT2D eigenvalue weighted by atomic mass is 10.2. The molecule has 164 valence electrons. The van der Waals surface area contributed by atoms with Crippen LogP contribution in [0, 0.1) is 0 Å². The Morgan fingerprint density at radius 1 is 0.938 bits per heavy atom. The van der Waals surface area contributed by atoms with Gasteiger partial charge >= 0.3 is 0 Å². The zero-order valence-electron chi connectivity index (χ0n) is 17.2. The monoisotopic (exact) mass is 471 g/mol. The van der Waals surface area contributed by atoms with Gasteiger partial charge in [-0.3, -0.25) is 9.89 Å². The summed E-state index contributed by atoms with van der Waals surface area (Å²) in [6, 6.07) is 15.6. The Kier molecular flexibility index (Phi) is 6.39. The minimum absolute atomic E-state index is 0.305. The van der Waals surface area contributed by atoms with Gasteiger partial charge < -0.3 is 19.5 Å². The molecule has 0 aliphatic rings. The summed E-state index contributed by atoms with van der Waals surface area (Å²) in [5, 5.41) is 11.3. The Bertz CT molecular complexity index is 1250. The number of hydrogen-bond acceptors (Lipinski definition) is 5. The van der Waals surface area contributed by atoms with Gasteiger partial charge in [-0.2, -0.15) is 5.10 Å². The van der Waals surface area contributed by atoms with E-state index in [1.54, 1.807) is 32.4 Å². The molecule has 0 spiro atoms. The quantitative estimate of drug-likeness (QED) is 0.360. The Morgan fingerprint density at radius 3 is 2.28 bits per heavy atom. The first-order valence-electron chi connectivity index (χ1n) is 9.55. The maximum absolute atomic E-state index is 12.6. The molecule has 1 aromatic heterocycles. The molecule has 0 fully saturated rings. The van der Waals surface area contributed by atoms with Crippen LogP contribution in [0.1, 0.15) is 15.9 Å². The lowest BCUT2D eigenvalue weighted by molar-refractivity contribution is 0.102. The maximum Gasteiger partial charge on any atom is 0.256 e. The van der Waals surface area contributed by atoms with Gasteiger partial charge in [-0.15, -0.1) is 0 Å². The third kappa shape index (κ3) is 4.90. The highest BCUT2D eigenvalue weighted by Gasteiger charge is 2.14. The average molecular weight is 472 g/mol. The number of aromatic nitrogens is 2. The highest BCUT2D eigenvalue weighted by Crippen LogP contribution is 2.28. The van der Waals surface area contributed by atoms with Crippen molar-refractivity contribution in [1.82, 2.24) is 10.2 Å². The van der Waals surface area contributed by atoms with Crippen LogP contribution in [0.3, 0.4) is 0 Å². The van der Waals surface area contributed by atoms with E-state index >= 15 is 0 Å². The summed E-state index contributed by atoms with van der Waals surface area (Å²) in [4.78, 5) is 12.6. The smallest absolute Gasteiger partial charge is 0.256 e. The van der Waals surface area contributed by atoms with Crippen molar-refractivity contribution in [3.63, 3.8) is 0 Å². The summed E-state index contributed by atoms with van der Waals surface area (Å²) in [5.74, 6) is 1.97. The number of carbonyl (C=O) groups excluding carboxylic acids is 1. The number of methoxy groups -OCH3 is 2. The molecule has 32 heavy (non-hydrogen) atoms. The van der Waals surface area contributed by atoms with E-state index in [0.717, 1.165) is 11.1 Å². The molecule has 3 aromatic carbocycles. The molecule has 0 bridgehead atoms. The standard InChI is InChI=1S/C23H19Cl2N3O4/c1-30-18-5-13(6-19(10-18)31-2)12-32-17-3-4-21-20(11-17)22(28-27-21)26-23(29)14-7-15(24)9-16(25)8-14/h3-11H,12H2,1-2H3,(H2,26,27,28,29). The number of H-pyrrole nitrogens is 1. The molecule has 1 heterocycles. The van der Waals surface area contributed by atoms with E-state index in [-0.39, 0.29) is 5.91 Å². The molecule has 0 unspecified atom stereocenters. The largest absolute Gasteiger partial charge is 0.497 e. The molecular formula is C23H19Cl2N3O4. The van der Waals surface area contributed by atoms with Crippen LogP contribution in [0.15, 0.2) is 54.6 Å². The zero-order chi connectivity index (χ0) is 22.7. The molecule has 4 rings (SSSR count). The molecule has 4 aromatic rings. The summed E-state index contributed by atoms with van der Waals surface area (Å²) < 4.78 is 16.5. The fourth-order valence-corrected chi connectivity index (χ4v) is 3.69. The molecule has 1 amide bonds. The summed E-state index contributed by atoms with van der Waals surface area (Å²) in [5.41, 5.74) is 1.97. The number of hydrogen-bond donors (Lipinski definition) is 2. The van der Waals surface area contributed by atoms with Gasteiger partial charge in [0.05, 0.1) is 19.7 Å². The number of halogens is 2. The predicted octanol–water partition coefficient (Wildman–Crippen LogP) is 5.72. The number of amides is 1. The molecule has 0 saturated heterocycles. The van der Waals surface area contributed by atoms with Crippen LogP contribution in [0.25, 0.3) is 10.9 Å². The first-order chi connectivity index (χ1) is 15.4. The fraction of sp³-hybridized carbons (Fsp3) is 0.130. The minimum atomic E-state index is -0.377. The number of carbonyl (C=O) groups is 1. The fourth-order valence-electron chi connectivity index (χ4n) is 3.16. The number of aromatic amines is 1. The molecule has 0 saturated carbocycles. The minimum Gasteiger partial charge on any atom is -0.497 e. The summed E-state index contributed by atoms with van der Waals surface area (Å²) in [6.07, 6.45) is 0. The summed E-state index contributed by atoms with van der Waals surface area (Å²) in [6.45, 7) is 0.305. The van der Waals surface area contributed by atoms with Crippen LogP contribution in [0.5, 0.6) is 17.2 Å². The second-order valence-electron chi connectivity index (χ2n) is 6.90. The molecule has 0 aliphatic carbocycles. The highest BCUT2D eigenvalue weighted by atomic mass is 35.5. The molecule has 2 N–H and O–H groups in total. The van der Waals surface area contributed by atoms with Gasteiger partial charge in [0.2, 0.25) is 0 Å². The van der Waals surface area contributed by atoms with E-state index in [9.17, 15) is 4.79 Å². The van der Waals surface area contributed by atoms with E-state index in [4.69, 9.17) is 37.4 Å². The Morgan fingerprint density at radius 2 is 1.62 bits per heavy atom. The Balaban J connectivity index is 1.53. The molecular weight excluding hydrogens is 453 g/mol. The van der Waals surface area contributed by atoms with Crippen molar-refractivity contribution in [3.8, 4) is 17.2 Å². The van der Waals surface area contributed by atoms with Crippen molar-refractivity contribution in [2.24, 2.45) is 0 Å². The van der Waals surface area contributed by atoms with Crippen LogP contribution in [-0.2, 0) is 6.61 Å². The Labute approximate surface area is 194 Å². The van der Waals surface area contributed by atoms with E-state index in [2.05, 4.69) is 15.5 Å². The van der Waals surface area contributed by atoms with Gasteiger partial charge in [-0.1, -0.05) is 23.2 Å². The molecule has 9 heteroatoms. The van der Waals surface area contributed by atoms with Crippen LogP contribution in [0.2, 0.25) is 10.0 Å². The van der Waals surface area contributed by atoms with Gasteiger partial charge in [0.25, 0.3) is 5.91 Å². The third-order valence-electron chi connectivity index (χ3n) is 4.71. The van der Waals surface area contributed by atoms with E-state index < -0.39 is 0 Å². The van der Waals surface area contributed by atoms with Crippen LogP contribution < -0.4 is 19.5 Å². The lowest BCUT2D eigenvalue weighted by Crippen LogP contribution is -2.12. The van der Waals surface area contributed by atoms with E-state index in [1.807, 2.05) is 24.3 Å².